The van der Waals surface area contributed by atoms with Crippen molar-refractivity contribution >= 4 is 39.1 Å². The molecule has 2 rings (SSSR count). The zero-order valence-electron chi connectivity index (χ0n) is 20.9. The quantitative estimate of drug-likeness (QED) is 0.417. The molecule has 0 unspecified atom stereocenters. The zero-order valence-corrected chi connectivity index (χ0v) is 22.5. The Labute approximate surface area is 214 Å². The molecular weight excluding hydrogens is 486 g/mol. The molecule has 2 aromatic carbocycles. The van der Waals surface area contributed by atoms with Gasteiger partial charge in [-0.25, -0.2) is 8.42 Å². The van der Waals surface area contributed by atoms with E-state index < -0.39 is 16.1 Å². The molecule has 2 aromatic rings. The van der Waals surface area contributed by atoms with Gasteiger partial charge in [0.05, 0.1) is 11.9 Å². The third kappa shape index (κ3) is 8.85. The minimum atomic E-state index is -3.57. The van der Waals surface area contributed by atoms with Crippen molar-refractivity contribution in [2.24, 2.45) is 0 Å². The lowest BCUT2D eigenvalue weighted by molar-refractivity contribution is -0.141. The SMILES string of the molecule is CC[C@@H](C)NC(=O)[C@@H](CC)N(Cc1ccccc1)C(=O)CCCN(c1cccc(Cl)c1)S(C)(=O)=O. The number of anilines is 1. The minimum Gasteiger partial charge on any atom is -0.352 e. The van der Waals surface area contributed by atoms with Gasteiger partial charge in [0, 0.05) is 30.6 Å². The van der Waals surface area contributed by atoms with E-state index in [4.69, 9.17) is 11.6 Å². The summed E-state index contributed by atoms with van der Waals surface area (Å²) in [4.78, 5) is 28.0. The Bertz CT molecular complexity index is 1080. The molecule has 0 bridgehead atoms. The second-order valence-electron chi connectivity index (χ2n) is 8.67. The van der Waals surface area contributed by atoms with Gasteiger partial charge in [-0.05, 0) is 49.9 Å². The Balaban J connectivity index is 2.19. The van der Waals surface area contributed by atoms with Crippen LogP contribution in [0.4, 0.5) is 5.69 Å². The molecule has 9 heteroatoms. The average molecular weight is 522 g/mol. The summed E-state index contributed by atoms with van der Waals surface area (Å²) in [6, 6.07) is 15.5. The van der Waals surface area contributed by atoms with Crippen molar-refractivity contribution in [3.8, 4) is 0 Å². The van der Waals surface area contributed by atoms with Crippen LogP contribution in [0.1, 0.15) is 52.0 Å². The van der Waals surface area contributed by atoms with E-state index in [1.54, 1.807) is 29.2 Å². The number of sulfonamides is 1. The van der Waals surface area contributed by atoms with Crippen LogP contribution in [0, 0.1) is 0 Å². The van der Waals surface area contributed by atoms with Crippen molar-refractivity contribution in [2.45, 2.75) is 65.1 Å². The Hall–Kier alpha value is -2.58. The highest BCUT2D eigenvalue weighted by Crippen LogP contribution is 2.23. The maximum Gasteiger partial charge on any atom is 0.243 e. The van der Waals surface area contributed by atoms with E-state index in [9.17, 15) is 18.0 Å². The molecule has 0 aliphatic rings. The summed E-state index contributed by atoms with van der Waals surface area (Å²) in [5, 5.41) is 3.42. The fourth-order valence-corrected chi connectivity index (χ4v) is 4.92. The lowest BCUT2D eigenvalue weighted by Crippen LogP contribution is -2.50. The van der Waals surface area contributed by atoms with Gasteiger partial charge in [0.1, 0.15) is 6.04 Å². The van der Waals surface area contributed by atoms with Crippen LogP contribution in [-0.4, -0.2) is 50.0 Å². The Morgan fingerprint density at radius 3 is 2.29 bits per heavy atom. The van der Waals surface area contributed by atoms with Gasteiger partial charge in [-0.1, -0.05) is 61.8 Å². The number of benzene rings is 2. The van der Waals surface area contributed by atoms with Crippen molar-refractivity contribution in [2.75, 3.05) is 17.1 Å². The Kier molecular flexibility index (Phi) is 11.0. The fourth-order valence-electron chi connectivity index (χ4n) is 3.78. The molecule has 0 fully saturated rings. The van der Waals surface area contributed by atoms with Gasteiger partial charge in [-0.15, -0.1) is 0 Å². The molecule has 0 spiro atoms. The topological polar surface area (TPSA) is 86.8 Å². The van der Waals surface area contributed by atoms with Gasteiger partial charge in [0.25, 0.3) is 0 Å². The number of carbonyl (C=O) groups excluding carboxylic acids is 2. The predicted molar refractivity (Wildman–Crippen MR) is 142 cm³/mol. The second kappa shape index (κ2) is 13.5. The summed E-state index contributed by atoms with van der Waals surface area (Å²) >= 11 is 6.05. The van der Waals surface area contributed by atoms with Crippen molar-refractivity contribution in [1.29, 1.82) is 0 Å². The van der Waals surface area contributed by atoms with Crippen LogP contribution >= 0.6 is 11.6 Å². The lowest BCUT2D eigenvalue weighted by atomic mass is 10.1. The summed E-state index contributed by atoms with van der Waals surface area (Å²) < 4.78 is 26.1. The summed E-state index contributed by atoms with van der Waals surface area (Å²) in [6.07, 6.45) is 2.79. The number of carbonyl (C=O) groups is 2. The molecular formula is C26H36ClN3O4S. The standard InChI is InChI=1S/C26H36ClN3O4S/c1-5-20(3)28-26(32)24(6-2)29(19-21-12-8-7-9-13-21)25(31)16-11-17-30(35(4,33)34)23-15-10-14-22(27)18-23/h7-10,12-15,18,20,24H,5-6,11,16-17,19H2,1-4H3,(H,28,32)/t20-,24-/m1/s1. The number of hydrogen-bond donors (Lipinski definition) is 1. The summed E-state index contributed by atoms with van der Waals surface area (Å²) in [7, 11) is -3.57. The number of nitrogens with zero attached hydrogens (tertiary/aromatic N) is 2. The number of halogens is 1. The normalized spacial score (nSPS) is 13.1. The third-order valence-electron chi connectivity index (χ3n) is 5.83. The van der Waals surface area contributed by atoms with Crippen LogP contribution in [0.3, 0.4) is 0 Å². The lowest BCUT2D eigenvalue weighted by Gasteiger charge is -2.32. The van der Waals surface area contributed by atoms with Crippen LogP contribution < -0.4 is 9.62 Å². The molecule has 0 radical (unpaired) electrons. The summed E-state index contributed by atoms with van der Waals surface area (Å²) in [5.74, 6) is -0.373. The predicted octanol–water partition coefficient (Wildman–Crippen LogP) is 4.61. The fraction of sp³-hybridized carbons (Fsp3) is 0.462. The number of nitrogens with one attached hydrogen (secondary N) is 1. The molecule has 1 N–H and O–H groups in total. The van der Waals surface area contributed by atoms with E-state index >= 15 is 0 Å². The van der Waals surface area contributed by atoms with Gasteiger partial charge < -0.3 is 10.2 Å². The van der Waals surface area contributed by atoms with E-state index in [2.05, 4.69) is 5.32 Å². The number of hydrogen-bond acceptors (Lipinski definition) is 4. The van der Waals surface area contributed by atoms with Crippen LogP contribution in [0.5, 0.6) is 0 Å². The molecule has 0 saturated carbocycles. The first kappa shape index (κ1) is 28.7. The molecule has 0 heterocycles. The van der Waals surface area contributed by atoms with E-state index in [1.165, 1.54) is 4.31 Å². The van der Waals surface area contributed by atoms with Gasteiger partial charge in [0.15, 0.2) is 0 Å². The first-order valence-electron chi connectivity index (χ1n) is 11.9. The van der Waals surface area contributed by atoms with Crippen molar-refractivity contribution in [3.63, 3.8) is 0 Å². The summed E-state index contributed by atoms with van der Waals surface area (Å²) in [6.45, 7) is 6.24. The van der Waals surface area contributed by atoms with E-state index in [0.717, 1.165) is 18.2 Å². The van der Waals surface area contributed by atoms with E-state index in [1.807, 2.05) is 51.1 Å². The van der Waals surface area contributed by atoms with Crippen molar-refractivity contribution in [3.05, 3.63) is 65.2 Å². The van der Waals surface area contributed by atoms with Crippen molar-refractivity contribution in [1.82, 2.24) is 10.2 Å². The maximum atomic E-state index is 13.4. The van der Waals surface area contributed by atoms with Gasteiger partial charge >= 0.3 is 0 Å². The number of amides is 2. The summed E-state index contributed by atoms with van der Waals surface area (Å²) in [5.41, 5.74) is 1.38. The molecule has 192 valence electrons. The average Bonchev–Trinajstić information content (AvgIpc) is 2.81. The van der Waals surface area contributed by atoms with Crippen LogP contribution in [0.25, 0.3) is 0 Å². The molecule has 2 amide bonds. The van der Waals surface area contributed by atoms with E-state index in [-0.39, 0.29) is 30.8 Å². The van der Waals surface area contributed by atoms with Crippen LogP contribution in [-0.2, 0) is 26.2 Å². The first-order chi connectivity index (χ1) is 16.6. The van der Waals surface area contributed by atoms with E-state index in [0.29, 0.717) is 30.1 Å². The monoisotopic (exact) mass is 521 g/mol. The minimum absolute atomic E-state index is 0.00578. The first-order valence-corrected chi connectivity index (χ1v) is 14.2. The van der Waals surface area contributed by atoms with Crippen molar-refractivity contribution < 1.29 is 18.0 Å². The highest BCUT2D eigenvalue weighted by molar-refractivity contribution is 7.92. The van der Waals surface area contributed by atoms with Gasteiger partial charge in [-0.2, -0.15) is 0 Å². The molecule has 2 atom stereocenters. The smallest absolute Gasteiger partial charge is 0.243 e. The third-order valence-corrected chi connectivity index (χ3v) is 7.26. The molecule has 0 aromatic heterocycles. The zero-order chi connectivity index (χ0) is 26.0. The highest BCUT2D eigenvalue weighted by Gasteiger charge is 2.29. The van der Waals surface area contributed by atoms with Gasteiger partial charge in [0.2, 0.25) is 21.8 Å². The second-order valence-corrected chi connectivity index (χ2v) is 11.0. The maximum absolute atomic E-state index is 13.4. The van der Waals surface area contributed by atoms with Crippen LogP contribution in [0.2, 0.25) is 5.02 Å². The van der Waals surface area contributed by atoms with Crippen LogP contribution in [0.15, 0.2) is 54.6 Å². The molecule has 0 saturated heterocycles. The molecule has 0 aliphatic heterocycles. The molecule has 7 nitrogen and oxygen atoms in total. The number of rotatable bonds is 13. The molecule has 0 aliphatic carbocycles. The Morgan fingerprint density at radius 2 is 1.71 bits per heavy atom. The largest absolute Gasteiger partial charge is 0.352 e. The highest BCUT2D eigenvalue weighted by atomic mass is 35.5. The van der Waals surface area contributed by atoms with Gasteiger partial charge in [-0.3, -0.25) is 13.9 Å². The Morgan fingerprint density at radius 1 is 1.03 bits per heavy atom. The molecule has 35 heavy (non-hydrogen) atoms.